The van der Waals surface area contributed by atoms with Gasteiger partial charge >= 0.3 is 0 Å². The van der Waals surface area contributed by atoms with E-state index in [0.717, 1.165) is 0 Å². The highest BCUT2D eigenvalue weighted by Crippen LogP contribution is 2.44. The molecule has 1 saturated carbocycles. The number of rotatable bonds is 5. The standard InChI is InChI=1S/C21H21ClFN3O6/c1-2-26-20(30)16-18(28)17(27)13(9-25(16)10-21(26)6-12(7-21)32-31)19(29)24-8-11-4-3-5-14(22)15(11)23/h3-5,9,12,28,31H,2,6-8,10H2,1H3,(H,24,29). The van der Waals surface area contributed by atoms with Gasteiger partial charge in [-0.2, -0.15) is 0 Å². The van der Waals surface area contributed by atoms with E-state index in [1.54, 1.807) is 11.8 Å². The minimum Gasteiger partial charge on any atom is -0.503 e. The minimum absolute atomic E-state index is 0.0989. The predicted molar refractivity (Wildman–Crippen MR) is 111 cm³/mol. The molecule has 32 heavy (non-hydrogen) atoms. The zero-order chi connectivity index (χ0) is 23.2. The Bertz CT molecular complexity index is 1160. The Kier molecular flexibility index (Phi) is 5.70. The maximum atomic E-state index is 14.1. The van der Waals surface area contributed by atoms with Crippen molar-refractivity contribution in [3.63, 3.8) is 0 Å². The van der Waals surface area contributed by atoms with Gasteiger partial charge in [-0.25, -0.2) is 9.28 Å². The molecular weight excluding hydrogens is 445 g/mol. The van der Waals surface area contributed by atoms with Crippen LogP contribution in [0, 0.1) is 5.82 Å². The van der Waals surface area contributed by atoms with Gasteiger partial charge in [-0.05, 0) is 13.0 Å². The lowest BCUT2D eigenvalue weighted by atomic mass is 9.71. The molecule has 2 amide bonds. The lowest BCUT2D eigenvalue weighted by molar-refractivity contribution is -0.313. The molecule has 1 aliphatic carbocycles. The number of fused-ring (bicyclic) bond motifs is 1. The van der Waals surface area contributed by atoms with Crippen LogP contribution in [0.5, 0.6) is 5.75 Å². The summed E-state index contributed by atoms with van der Waals surface area (Å²) in [6.45, 7) is 2.08. The molecule has 1 aliphatic heterocycles. The van der Waals surface area contributed by atoms with Crippen LogP contribution in [0.4, 0.5) is 4.39 Å². The number of carbonyl (C=O) groups is 2. The molecule has 1 aromatic carbocycles. The summed E-state index contributed by atoms with van der Waals surface area (Å²) >= 11 is 5.74. The van der Waals surface area contributed by atoms with Crippen molar-refractivity contribution in [2.45, 2.75) is 44.5 Å². The van der Waals surface area contributed by atoms with Crippen molar-refractivity contribution in [3.8, 4) is 5.75 Å². The van der Waals surface area contributed by atoms with E-state index in [2.05, 4.69) is 10.2 Å². The Morgan fingerprint density at radius 2 is 2.09 bits per heavy atom. The van der Waals surface area contributed by atoms with Crippen molar-refractivity contribution in [2.24, 2.45) is 0 Å². The van der Waals surface area contributed by atoms with Crippen LogP contribution in [-0.4, -0.2) is 49.8 Å². The number of nitrogens with zero attached hydrogens (tertiary/aromatic N) is 2. The van der Waals surface area contributed by atoms with Gasteiger partial charge in [0.25, 0.3) is 11.8 Å². The maximum Gasteiger partial charge on any atom is 0.275 e. The highest BCUT2D eigenvalue weighted by molar-refractivity contribution is 6.30. The molecule has 9 nitrogen and oxygen atoms in total. The fourth-order valence-corrected chi connectivity index (χ4v) is 4.75. The Hall–Kier alpha value is -2.95. The highest BCUT2D eigenvalue weighted by Gasteiger charge is 2.54. The third kappa shape index (κ3) is 3.44. The third-order valence-corrected chi connectivity index (χ3v) is 6.43. The summed E-state index contributed by atoms with van der Waals surface area (Å²) in [6.07, 6.45) is 1.53. The van der Waals surface area contributed by atoms with Gasteiger partial charge in [0.05, 0.1) is 16.7 Å². The SMILES string of the molecule is CCN1C(=O)c2c(O)c(=O)c(C(=O)NCc3cccc(Cl)c3F)cn2CC12CC(OO)C2. The van der Waals surface area contributed by atoms with Crippen molar-refractivity contribution in [3.05, 3.63) is 62.3 Å². The third-order valence-electron chi connectivity index (χ3n) is 6.14. The maximum absolute atomic E-state index is 14.1. The summed E-state index contributed by atoms with van der Waals surface area (Å²) in [5, 5.41) is 21.8. The van der Waals surface area contributed by atoms with Gasteiger partial charge < -0.3 is 19.9 Å². The quantitative estimate of drug-likeness (QED) is 0.459. The predicted octanol–water partition coefficient (Wildman–Crippen LogP) is 2.14. The van der Waals surface area contributed by atoms with Gasteiger partial charge in [-0.1, -0.05) is 23.7 Å². The number of aromatic nitrogens is 1. The normalized spacial score (nSPS) is 21.9. The molecule has 1 aromatic heterocycles. The second-order valence-electron chi connectivity index (χ2n) is 8.00. The van der Waals surface area contributed by atoms with Crippen LogP contribution in [0.15, 0.2) is 29.2 Å². The fraction of sp³-hybridized carbons (Fsp3) is 0.381. The van der Waals surface area contributed by atoms with E-state index in [1.165, 1.54) is 29.0 Å². The van der Waals surface area contributed by atoms with Gasteiger partial charge in [0.2, 0.25) is 5.43 Å². The fourth-order valence-electron chi connectivity index (χ4n) is 4.55. The van der Waals surface area contributed by atoms with Crippen LogP contribution in [-0.2, 0) is 18.0 Å². The Morgan fingerprint density at radius 1 is 1.38 bits per heavy atom. The highest BCUT2D eigenvalue weighted by atomic mass is 35.5. The van der Waals surface area contributed by atoms with Crippen molar-refractivity contribution < 1.29 is 29.2 Å². The van der Waals surface area contributed by atoms with E-state index in [-0.39, 0.29) is 34.9 Å². The lowest BCUT2D eigenvalue weighted by Gasteiger charge is -2.55. The van der Waals surface area contributed by atoms with Gasteiger partial charge in [0, 0.05) is 44.2 Å². The van der Waals surface area contributed by atoms with Crippen LogP contribution in [0.1, 0.15) is 46.2 Å². The molecule has 4 rings (SSSR count). The van der Waals surface area contributed by atoms with Crippen molar-refractivity contribution in [1.29, 1.82) is 0 Å². The average molecular weight is 466 g/mol. The second kappa shape index (κ2) is 8.19. The topological polar surface area (TPSA) is 121 Å². The van der Waals surface area contributed by atoms with Crippen molar-refractivity contribution in [1.82, 2.24) is 14.8 Å². The number of hydrogen-bond donors (Lipinski definition) is 3. The summed E-state index contributed by atoms with van der Waals surface area (Å²) in [5.41, 5.74) is -2.11. The molecule has 2 heterocycles. The van der Waals surface area contributed by atoms with Crippen LogP contribution in [0.3, 0.4) is 0 Å². The largest absolute Gasteiger partial charge is 0.503 e. The van der Waals surface area contributed by atoms with Crippen LogP contribution in [0.2, 0.25) is 5.02 Å². The van der Waals surface area contributed by atoms with Gasteiger partial charge in [0.1, 0.15) is 11.4 Å². The van der Waals surface area contributed by atoms with E-state index in [9.17, 15) is 23.9 Å². The molecule has 170 valence electrons. The number of pyridine rings is 1. The number of amides is 2. The summed E-state index contributed by atoms with van der Waals surface area (Å²) < 4.78 is 15.5. The first-order valence-electron chi connectivity index (χ1n) is 10.0. The molecule has 0 bridgehead atoms. The molecule has 2 aromatic rings. The Morgan fingerprint density at radius 3 is 2.75 bits per heavy atom. The zero-order valence-corrected chi connectivity index (χ0v) is 17.9. The monoisotopic (exact) mass is 465 g/mol. The molecule has 0 saturated heterocycles. The lowest BCUT2D eigenvalue weighted by Crippen LogP contribution is -2.66. The molecular formula is C21H21ClFN3O6. The number of aromatic hydroxyl groups is 1. The molecule has 1 spiro atoms. The molecule has 0 unspecified atom stereocenters. The van der Waals surface area contributed by atoms with E-state index < -0.39 is 40.5 Å². The molecule has 0 atom stereocenters. The van der Waals surface area contributed by atoms with Gasteiger partial charge in [-0.15, -0.1) is 0 Å². The zero-order valence-electron chi connectivity index (χ0n) is 17.1. The van der Waals surface area contributed by atoms with Crippen molar-refractivity contribution in [2.75, 3.05) is 6.54 Å². The number of carbonyl (C=O) groups excluding carboxylic acids is 2. The number of halogens is 2. The van der Waals surface area contributed by atoms with Crippen LogP contribution in [0.25, 0.3) is 0 Å². The smallest absolute Gasteiger partial charge is 0.275 e. The first-order chi connectivity index (χ1) is 15.2. The van der Waals surface area contributed by atoms with Gasteiger partial charge in [-0.3, -0.25) is 19.6 Å². The number of hydrogen-bond acceptors (Lipinski definition) is 6. The van der Waals surface area contributed by atoms with E-state index in [4.69, 9.17) is 16.9 Å². The molecule has 2 aliphatic rings. The molecule has 1 fully saturated rings. The summed E-state index contributed by atoms with van der Waals surface area (Å²) in [7, 11) is 0. The van der Waals surface area contributed by atoms with E-state index >= 15 is 0 Å². The van der Waals surface area contributed by atoms with Crippen LogP contribution >= 0.6 is 11.6 Å². The summed E-state index contributed by atoms with van der Waals surface area (Å²) in [4.78, 5) is 44.3. The molecule has 11 heteroatoms. The number of likely N-dealkylation sites (N-methyl/N-ethyl adjacent to an activating group) is 1. The van der Waals surface area contributed by atoms with Crippen molar-refractivity contribution >= 4 is 23.4 Å². The molecule has 0 radical (unpaired) electrons. The average Bonchev–Trinajstić information content (AvgIpc) is 2.74. The Balaban J connectivity index is 1.65. The number of nitrogens with one attached hydrogen (secondary N) is 1. The summed E-state index contributed by atoms with van der Waals surface area (Å²) in [5.74, 6) is -2.88. The van der Waals surface area contributed by atoms with E-state index in [1.807, 2.05) is 0 Å². The summed E-state index contributed by atoms with van der Waals surface area (Å²) in [6, 6.07) is 4.34. The first kappa shape index (κ1) is 22.3. The van der Waals surface area contributed by atoms with Crippen LogP contribution < -0.4 is 10.7 Å². The van der Waals surface area contributed by atoms with Gasteiger partial charge in [0.15, 0.2) is 11.4 Å². The Labute approximate surface area is 186 Å². The number of benzene rings is 1. The van der Waals surface area contributed by atoms with E-state index in [0.29, 0.717) is 19.4 Å². The second-order valence-corrected chi connectivity index (χ2v) is 8.41. The minimum atomic E-state index is -0.995. The first-order valence-corrected chi connectivity index (χ1v) is 10.4. The molecule has 3 N–H and O–H groups in total.